The number of fused-ring (bicyclic) bond motifs is 1. The van der Waals surface area contributed by atoms with Crippen molar-refractivity contribution in [1.29, 1.82) is 0 Å². The van der Waals surface area contributed by atoms with Gasteiger partial charge in [-0.05, 0) is 43.9 Å². The molecule has 0 bridgehead atoms. The number of carboxylic acids is 1. The quantitative estimate of drug-likeness (QED) is 0.848. The van der Waals surface area contributed by atoms with Crippen molar-refractivity contribution in [2.24, 2.45) is 0 Å². The molecule has 2 N–H and O–H groups in total. The van der Waals surface area contributed by atoms with Gasteiger partial charge in [-0.2, -0.15) is 4.98 Å². The number of aromatic nitrogens is 1. The first kappa shape index (κ1) is 13.9. The largest absolute Gasteiger partial charge is 0.478 e. The first-order chi connectivity index (χ1) is 10.2. The summed E-state index contributed by atoms with van der Waals surface area (Å²) in [5.41, 5.74) is 1.33. The zero-order valence-corrected chi connectivity index (χ0v) is 11.7. The van der Waals surface area contributed by atoms with Crippen molar-refractivity contribution in [3.63, 3.8) is 0 Å². The molecule has 6 nitrogen and oxygen atoms in total. The van der Waals surface area contributed by atoms with Crippen molar-refractivity contribution in [1.82, 2.24) is 4.98 Å². The highest BCUT2D eigenvalue weighted by Gasteiger charge is 2.28. The van der Waals surface area contributed by atoms with E-state index in [4.69, 9.17) is 14.6 Å². The van der Waals surface area contributed by atoms with Crippen molar-refractivity contribution in [2.45, 2.75) is 31.7 Å². The van der Waals surface area contributed by atoms with Crippen LogP contribution in [0, 0.1) is 0 Å². The molecule has 1 heterocycles. The maximum Gasteiger partial charge on any atom is 0.335 e. The summed E-state index contributed by atoms with van der Waals surface area (Å²) >= 11 is 0. The zero-order chi connectivity index (χ0) is 14.8. The number of carboxylic acid groups (broad SMARTS) is 1. The Morgan fingerprint density at radius 3 is 2.86 bits per heavy atom. The molecule has 0 aliphatic heterocycles. The lowest BCUT2D eigenvalue weighted by atomic mass is 9.91. The van der Waals surface area contributed by atoms with Crippen LogP contribution in [-0.4, -0.2) is 40.4 Å². The van der Waals surface area contributed by atoms with Crippen LogP contribution in [0.15, 0.2) is 22.6 Å². The average Bonchev–Trinajstić information content (AvgIpc) is 2.83. The molecule has 6 heteroatoms. The number of aliphatic hydroxyl groups excluding tert-OH is 1. The van der Waals surface area contributed by atoms with Gasteiger partial charge in [0.1, 0.15) is 5.52 Å². The highest BCUT2D eigenvalue weighted by Crippen LogP contribution is 2.31. The molecular formula is C15H18N2O4. The summed E-state index contributed by atoms with van der Waals surface area (Å²) in [7, 11) is 0. The average molecular weight is 290 g/mol. The molecule has 0 radical (unpaired) electrons. The van der Waals surface area contributed by atoms with E-state index in [9.17, 15) is 4.79 Å². The predicted molar refractivity (Wildman–Crippen MR) is 77.7 cm³/mol. The number of hydrogen-bond acceptors (Lipinski definition) is 5. The van der Waals surface area contributed by atoms with Crippen LogP contribution in [0.25, 0.3) is 11.1 Å². The number of aliphatic hydroxyl groups is 1. The number of benzene rings is 1. The summed E-state index contributed by atoms with van der Waals surface area (Å²) in [5, 5.41) is 18.0. The molecule has 1 aromatic heterocycles. The Bertz CT molecular complexity index is 648. The standard InChI is InChI=1S/C15H18N2O4/c18-8-2-7-17(11-3-1-4-11)15-16-12-6-5-10(14(19)20)9-13(12)21-15/h5-6,9,11,18H,1-4,7-8H2,(H,19,20). The highest BCUT2D eigenvalue weighted by molar-refractivity contribution is 5.92. The van der Waals surface area contributed by atoms with Crippen LogP contribution in [0.5, 0.6) is 0 Å². The first-order valence-corrected chi connectivity index (χ1v) is 7.20. The molecule has 0 amide bonds. The van der Waals surface area contributed by atoms with E-state index in [-0.39, 0.29) is 12.2 Å². The van der Waals surface area contributed by atoms with Crippen LogP contribution in [0.2, 0.25) is 0 Å². The van der Waals surface area contributed by atoms with Crippen LogP contribution in [0.3, 0.4) is 0 Å². The number of nitrogens with zero attached hydrogens (tertiary/aromatic N) is 2. The van der Waals surface area contributed by atoms with Crippen molar-refractivity contribution in [3.8, 4) is 0 Å². The minimum absolute atomic E-state index is 0.132. The number of anilines is 1. The Hall–Kier alpha value is -2.08. The van der Waals surface area contributed by atoms with Crippen LogP contribution in [0.1, 0.15) is 36.0 Å². The van der Waals surface area contributed by atoms with Gasteiger partial charge in [0, 0.05) is 19.2 Å². The normalized spacial score (nSPS) is 15.1. The third-order valence-electron chi connectivity index (χ3n) is 3.94. The van der Waals surface area contributed by atoms with Gasteiger partial charge in [0.25, 0.3) is 6.01 Å². The molecule has 3 rings (SSSR count). The van der Waals surface area contributed by atoms with Crippen LogP contribution in [0.4, 0.5) is 6.01 Å². The topological polar surface area (TPSA) is 86.8 Å². The summed E-state index contributed by atoms with van der Waals surface area (Å²) in [6.07, 6.45) is 4.06. The van der Waals surface area contributed by atoms with Gasteiger partial charge in [-0.3, -0.25) is 0 Å². The number of rotatable bonds is 6. The lowest BCUT2D eigenvalue weighted by Crippen LogP contribution is -2.41. The highest BCUT2D eigenvalue weighted by atomic mass is 16.4. The van der Waals surface area contributed by atoms with Crippen molar-refractivity contribution in [2.75, 3.05) is 18.1 Å². The van der Waals surface area contributed by atoms with Gasteiger partial charge in [-0.25, -0.2) is 4.79 Å². The SMILES string of the molecule is O=C(O)c1ccc2nc(N(CCCO)C3CCC3)oc2c1. The van der Waals surface area contributed by atoms with Crippen LogP contribution in [-0.2, 0) is 0 Å². The van der Waals surface area contributed by atoms with E-state index in [2.05, 4.69) is 9.88 Å². The first-order valence-electron chi connectivity index (χ1n) is 7.20. The second-order valence-corrected chi connectivity index (χ2v) is 5.34. The van der Waals surface area contributed by atoms with Gasteiger partial charge in [-0.1, -0.05) is 0 Å². The predicted octanol–water partition coefficient (Wildman–Crippen LogP) is 2.27. The van der Waals surface area contributed by atoms with Crippen molar-refractivity contribution < 1.29 is 19.4 Å². The fraction of sp³-hybridized carbons (Fsp3) is 0.467. The molecule has 2 aromatic rings. The molecule has 21 heavy (non-hydrogen) atoms. The van der Waals surface area contributed by atoms with E-state index in [1.54, 1.807) is 6.07 Å². The van der Waals surface area contributed by atoms with Gasteiger partial charge in [0.05, 0.1) is 5.56 Å². The molecule has 1 aliphatic rings. The monoisotopic (exact) mass is 290 g/mol. The summed E-state index contributed by atoms with van der Waals surface area (Å²) in [4.78, 5) is 17.5. The van der Waals surface area contributed by atoms with Gasteiger partial charge in [-0.15, -0.1) is 0 Å². The third kappa shape index (κ3) is 2.71. The number of carbonyl (C=O) groups is 1. The third-order valence-corrected chi connectivity index (χ3v) is 3.94. The van der Waals surface area contributed by atoms with E-state index in [0.717, 1.165) is 12.8 Å². The molecule has 1 fully saturated rings. The smallest absolute Gasteiger partial charge is 0.335 e. The van der Waals surface area contributed by atoms with Gasteiger partial charge >= 0.3 is 5.97 Å². The van der Waals surface area contributed by atoms with Gasteiger partial charge in [0.2, 0.25) is 0 Å². The zero-order valence-electron chi connectivity index (χ0n) is 11.7. The fourth-order valence-corrected chi connectivity index (χ4v) is 2.54. The fourth-order valence-electron chi connectivity index (χ4n) is 2.54. The molecular weight excluding hydrogens is 272 g/mol. The molecule has 0 saturated heterocycles. The Morgan fingerprint density at radius 2 is 2.24 bits per heavy atom. The Kier molecular flexibility index (Phi) is 3.79. The molecule has 112 valence electrons. The Balaban J connectivity index is 1.91. The maximum absolute atomic E-state index is 11.0. The van der Waals surface area contributed by atoms with E-state index in [1.807, 2.05) is 0 Å². The van der Waals surface area contributed by atoms with Crippen molar-refractivity contribution >= 4 is 23.1 Å². The molecule has 1 saturated carbocycles. The summed E-state index contributed by atoms with van der Waals surface area (Å²) in [6, 6.07) is 5.61. The van der Waals surface area contributed by atoms with Crippen LogP contribution >= 0.6 is 0 Å². The van der Waals surface area contributed by atoms with E-state index < -0.39 is 5.97 Å². The Labute approximate surface area is 122 Å². The number of oxazole rings is 1. The Morgan fingerprint density at radius 1 is 1.43 bits per heavy atom. The molecule has 1 aromatic carbocycles. The van der Waals surface area contributed by atoms with E-state index in [1.165, 1.54) is 18.6 Å². The molecule has 0 atom stereocenters. The molecule has 1 aliphatic carbocycles. The minimum Gasteiger partial charge on any atom is -0.478 e. The summed E-state index contributed by atoms with van der Waals surface area (Å²) in [6.45, 7) is 0.826. The minimum atomic E-state index is -0.981. The second-order valence-electron chi connectivity index (χ2n) is 5.34. The van der Waals surface area contributed by atoms with Crippen molar-refractivity contribution in [3.05, 3.63) is 23.8 Å². The van der Waals surface area contributed by atoms with Gasteiger partial charge in [0.15, 0.2) is 5.58 Å². The van der Waals surface area contributed by atoms with E-state index in [0.29, 0.717) is 36.1 Å². The number of aromatic carboxylic acids is 1. The molecule has 0 spiro atoms. The maximum atomic E-state index is 11.0. The van der Waals surface area contributed by atoms with Crippen LogP contribution < -0.4 is 4.90 Å². The lowest BCUT2D eigenvalue weighted by Gasteiger charge is -2.36. The summed E-state index contributed by atoms with van der Waals surface area (Å²) < 4.78 is 5.74. The van der Waals surface area contributed by atoms with Gasteiger partial charge < -0.3 is 19.5 Å². The second kappa shape index (κ2) is 5.73. The molecule has 0 unspecified atom stereocenters. The number of hydrogen-bond donors (Lipinski definition) is 2. The summed E-state index contributed by atoms with van der Waals surface area (Å²) in [5.74, 6) is -0.981. The van der Waals surface area contributed by atoms with E-state index >= 15 is 0 Å². The lowest BCUT2D eigenvalue weighted by molar-refractivity contribution is 0.0697.